The van der Waals surface area contributed by atoms with Gasteiger partial charge in [0, 0.05) is 10.7 Å². The number of hydrogen-bond acceptors (Lipinski definition) is 4. The van der Waals surface area contributed by atoms with E-state index < -0.39 is 12.0 Å². The summed E-state index contributed by atoms with van der Waals surface area (Å²) in [6.07, 6.45) is -0.810. The Labute approximate surface area is 200 Å². The molecule has 0 aliphatic carbocycles. The largest absolute Gasteiger partial charge is 0.494 e. The molecule has 0 aliphatic rings. The topological polar surface area (TPSA) is 76.7 Å². The van der Waals surface area contributed by atoms with Crippen molar-refractivity contribution in [1.29, 1.82) is 0 Å². The lowest BCUT2D eigenvalue weighted by Gasteiger charge is -2.17. The first kappa shape index (κ1) is 23.6. The highest BCUT2D eigenvalue weighted by atomic mass is 79.9. The van der Waals surface area contributed by atoms with Crippen LogP contribution in [0.5, 0.6) is 11.5 Å². The van der Waals surface area contributed by atoms with Crippen molar-refractivity contribution in [2.75, 3.05) is 17.2 Å². The number of ether oxygens (including phenoxy) is 2. The van der Waals surface area contributed by atoms with Gasteiger partial charge in [-0.3, -0.25) is 9.59 Å². The van der Waals surface area contributed by atoms with E-state index in [1.54, 1.807) is 73.7 Å². The zero-order chi connectivity index (χ0) is 23.1. The molecule has 0 aliphatic heterocycles. The van der Waals surface area contributed by atoms with Crippen molar-refractivity contribution >= 4 is 50.7 Å². The van der Waals surface area contributed by atoms with Gasteiger partial charge in [-0.1, -0.05) is 23.7 Å². The van der Waals surface area contributed by atoms with Gasteiger partial charge in [-0.05, 0) is 84.4 Å². The number of carbonyl (C=O) groups is 2. The van der Waals surface area contributed by atoms with Crippen molar-refractivity contribution in [3.63, 3.8) is 0 Å². The van der Waals surface area contributed by atoms with Gasteiger partial charge in [-0.15, -0.1) is 0 Å². The molecule has 1 atom stereocenters. The average molecular weight is 518 g/mol. The predicted molar refractivity (Wildman–Crippen MR) is 130 cm³/mol. The first-order valence-corrected chi connectivity index (χ1v) is 11.1. The summed E-state index contributed by atoms with van der Waals surface area (Å²) in [4.78, 5) is 25.5. The van der Waals surface area contributed by atoms with Crippen molar-refractivity contribution in [1.82, 2.24) is 0 Å². The summed E-state index contributed by atoms with van der Waals surface area (Å²) in [6.45, 7) is 4.09. The number of anilines is 2. The monoisotopic (exact) mass is 516 g/mol. The molecule has 3 aromatic carbocycles. The van der Waals surface area contributed by atoms with Crippen LogP contribution in [0.4, 0.5) is 11.4 Å². The zero-order valence-electron chi connectivity index (χ0n) is 17.5. The van der Waals surface area contributed by atoms with Crippen LogP contribution in [0, 0.1) is 0 Å². The second kappa shape index (κ2) is 11.0. The van der Waals surface area contributed by atoms with E-state index in [1.165, 1.54) is 0 Å². The Morgan fingerprint density at radius 1 is 1.03 bits per heavy atom. The third kappa shape index (κ3) is 6.24. The predicted octanol–water partition coefficient (Wildman–Crippen LogP) is 6.16. The summed E-state index contributed by atoms with van der Waals surface area (Å²) in [7, 11) is 0. The molecular formula is C24H22BrClN2O4. The number of nitrogens with one attached hydrogen (secondary N) is 2. The number of para-hydroxylation sites is 1. The van der Waals surface area contributed by atoms with Gasteiger partial charge >= 0.3 is 0 Å². The van der Waals surface area contributed by atoms with E-state index >= 15 is 0 Å². The highest BCUT2D eigenvalue weighted by Gasteiger charge is 2.19. The van der Waals surface area contributed by atoms with Gasteiger partial charge in [0.05, 0.1) is 22.3 Å². The molecule has 0 saturated heterocycles. The average Bonchev–Trinajstić information content (AvgIpc) is 2.77. The van der Waals surface area contributed by atoms with Gasteiger partial charge in [0.15, 0.2) is 6.10 Å². The molecular weight excluding hydrogens is 496 g/mol. The van der Waals surface area contributed by atoms with Crippen molar-refractivity contribution < 1.29 is 19.1 Å². The Hall–Kier alpha value is -3.03. The molecule has 0 saturated carbocycles. The molecule has 0 fully saturated rings. The number of carbonyl (C=O) groups excluding carboxylic acids is 2. The van der Waals surface area contributed by atoms with Crippen molar-refractivity contribution in [2.45, 2.75) is 20.0 Å². The summed E-state index contributed by atoms with van der Waals surface area (Å²) in [5, 5.41) is 6.14. The van der Waals surface area contributed by atoms with Crippen LogP contribution >= 0.6 is 27.5 Å². The molecule has 32 heavy (non-hydrogen) atoms. The lowest BCUT2D eigenvalue weighted by Crippen LogP contribution is -2.31. The van der Waals surface area contributed by atoms with Gasteiger partial charge in [0.1, 0.15) is 11.5 Å². The molecule has 3 rings (SSSR count). The molecule has 166 valence electrons. The quantitative estimate of drug-likeness (QED) is 0.375. The van der Waals surface area contributed by atoms with E-state index in [9.17, 15) is 9.59 Å². The Kier molecular flexibility index (Phi) is 8.14. The van der Waals surface area contributed by atoms with E-state index in [-0.39, 0.29) is 5.91 Å². The first-order chi connectivity index (χ1) is 15.4. The molecule has 0 spiro atoms. The fourth-order valence-corrected chi connectivity index (χ4v) is 3.61. The molecule has 0 heterocycles. The Balaban J connectivity index is 1.68. The number of hydrogen-bond donors (Lipinski definition) is 2. The van der Waals surface area contributed by atoms with E-state index in [0.29, 0.717) is 38.8 Å². The molecule has 2 amide bonds. The third-order valence-electron chi connectivity index (χ3n) is 4.42. The highest BCUT2D eigenvalue weighted by molar-refractivity contribution is 9.10. The summed E-state index contributed by atoms with van der Waals surface area (Å²) < 4.78 is 11.8. The Bertz CT molecular complexity index is 1110. The van der Waals surface area contributed by atoms with Crippen molar-refractivity contribution in [3.8, 4) is 11.5 Å². The van der Waals surface area contributed by atoms with Gasteiger partial charge in [-0.2, -0.15) is 0 Å². The maximum Gasteiger partial charge on any atom is 0.265 e. The molecule has 0 radical (unpaired) electrons. The van der Waals surface area contributed by atoms with Crippen LogP contribution in [0.1, 0.15) is 24.2 Å². The fourth-order valence-electron chi connectivity index (χ4n) is 2.84. The standard InChI is InChI=1S/C24H22BrClN2O4/c1-3-31-18-11-9-17(10-12-18)27-24(30)19-6-4-5-7-21(19)28-23(29)15(2)32-22-13-8-16(26)14-20(22)25/h4-15H,3H2,1-2H3,(H,27,30)(H,28,29). The summed E-state index contributed by atoms with van der Waals surface area (Å²) in [6, 6.07) is 18.9. The molecule has 2 N–H and O–H groups in total. The van der Waals surface area contributed by atoms with Crippen LogP contribution in [0.25, 0.3) is 0 Å². The summed E-state index contributed by atoms with van der Waals surface area (Å²) in [5.41, 5.74) is 1.32. The Morgan fingerprint density at radius 3 is 2.44 bits per heavy atom. The van der Waals surface area contributed by atoms with Crippen molar-refractivity contribution in [3.05, 3.63) is 81.8 Å². The lowest BCUT2D eigenvalue weighted by molar-refractivity contribution is -0.122. The van der Waals surface area contributed by atoms with E-state index in [0.717, 1.165) is 5.75 Å². The minimum atomic E-state index is -0.810. The van der Waals surface area contributed by atoms with Crippen LogP contribution in [0.3, 0.4) is 0 Å². The van der Waals surface area contributed by atoms with Crippen LogP contribution in [-0.2, 0) is 4.79 Å². The van der Waals surface area contributed by atoms with Crippen molar-refractivity contribution in [2.24, 2.45) is 0 Å². The highest BCUT2D eigenvalue weighted by Crippen LogP contribution is 2.29. The van der Waals surface area contributed by atoms with Crippen LogP contribution in [0.15, 0.2) is 71.2 Å². The van der Waals surface area contributed by atoms with E-state index in [1.807, 2.05) is 6.92 Å². The second-order valence-corrected chi connectivity index (χ2v) is 8.07. The summed E-state index contributed by atoms with van der Waals surface area (Å²) in [5.74, 6) is 0.463. The van der Waals surface area contributed by atoms with Crippen LogP contribution in [-0.4, -0.2) is 24.5 Å². The third-order valence-corrected chi connectivity index (χ3v) is 5.27. The minimum Gasteiger partial charge on any atom is -0.494 e. The van der Waals surface area contributed by atoms with E-state index in [2.05, 4.69) is 26.6 Å². The second-order valence-electron chi connectivity index (χ2n) is 6.78. The first-order valence-electron chi connectivity index (χ1n) is 9.93. The van der Waals surface area contributed by atoms with Crippen LogP contribution in [0.2, 0.25) is 5.02 Å². The number of benzene rings is 3. The van der Waals surface area contributed by atoms with Gasteiger partial charge in [0.2, 0.25) is 0 Å². The molecule has 3 aromatic rings. The smallest absolute Gasteiger partial charge is 0.265 e. The minimum absolute atomic E-state index is 0.328. The lowest BCUT2D eigenvalue weighted by atomic mass is 10.1. The summed E-state index contributed by atoms with van der Waals surface area (Å²) >= 11 is 9.31. The maximum absolute atomic E-state index is 12.8. The van der Waals surface area contributed by atoms with Gasteiger partial charge in [-0.25, -0.2) is 0 Å². The van der Waals surface area contributed by atoms with E-state index in [4.69, 9.17) is 21.1 Å². The number of rotatable bonds is 8. The molecule has 0 bridgehead atoms. The van der Waals surface area contributed by atoms with Gasteiger partial charge < -0.3 is 20.1 Å². The number of halogens is 2. The molecule has 1 unspecified atom stereocenters. The maximum atomic E-state index is 12.8. The fraction of sp³-hybridized carbons (Fsp3) is 0.167. The zero-order valence-corrected chi connectivity index (χ0v) is 19.9. The molecule has 8 heteroatoms. The SMILES string of the molecule is CCOc1ccc(NC(=O)c2ccccc2NC(=O)C(C)Oc2ccc(Cl)cc2Br)cc1. The Morgan fingerprint density at radius 2 is 1.75 bits per heavy atom. The van der Waals surface area contributed by atoms with Crippen LogP contribution < -0.4 is 20.1 Å². The molecule has 6 nitrogen and oxygen atoms in total. The molecule has 0 aromatic heterocycles. The normalized spacial score (nSPS) is 11.4. The van der Waals surface area contributed by atoms with Gasteiger partial charge in [0.25, 0.3) is 11.8 Å². The number of amides is 2.